The second-order valence-corrected chi connectivity index (χ2v) is 16.6. The number of hydrogen-bond donors (Lipinski definition) is 1. The monoisotopic (exact) mass is 666 g/mol. The summed E-state index contributed by atoms with van der Waals surface area (Å²) in [5.74, 6) is 0.884. The molecule has 4 atom stereocenters. The molecule has 1 amide bonds. The van der Waals surface area contributed by atoms with Crippen LogP contribution in [0.1, 0.15) is 81.9 Å². The van der Waals surface area contributed by atoms with Gasteiger partial charge >= 0.3 is 6.09 Å². The van der Waals surface area contributed by atoms with Gasteiger partial charge in [-0.3, -0.25) is 9.78 Å². The molecule has 2 aliphatic heterocycles. The highest BCUT2D eigenvalue weighted by atomic mass is 32.1. The van der Waals surface area contributed by atoms with Gasteiger partial charge in [-0.2, -0.15) is 10.4 Å². The zero-order valence-electron chi connectivity index (χ0n) is 28.4. The van der Waals surface area contributed by atoms with Crippen molar-refractivity contribution in [3.63, 3.8) is 0 Å². The smallest absolute Gasteiger partial charge is 0.410 e. The standard InChI is InChI=1S/C37H42N6O4S/c1-36(2,3)23-12-32(45)43(40-16-23)19-26-14-31-34(48-26)27(7-8-39-31)29-9-21(15-38)10-30-28-11-22(28)17-41(33(29)30)24-13-25(20-44)42(18-24)35(46)47-37(4,5)6/h7-10,12,14,16,22,24-25,28,44H,11,13,17-20H2,1-6H3/t22-,24-,25-,28-/m0/s1. The summed E-state index contributed by atoms with van der Waals surface area (Å²) >= 11 is 1.59. The molecular weight excluding hydrogens is 625 g/mol. The molecule has 0 bridgehead atoms. The minimum Gasteiger partial charge on any atom is -0.444 e. The first-order valence-electron chi connectivity index (χ1n) is 16.6. The minimum absolute atomic E-state index is 0.0214. The molecule has 2 fully saturated rings. The van der Waals surface area contributed by atoms with Crippen LogP contribution in [0.25, 0.3) is 21.3 Å². The molecule has 10 nitrogen and oxygen atoms in total. The predicted octanol–water partition coefficient (Wildman–Crippen LogP) is 6.03. The number of aliphatic hydroxyl groups excluding tert-OH is 1. The fourth-order valence-electron chi connectivity index (χ4n) is 7.26. The van der Waals surface area contributed by atoms with Crippen molar-refractivity contribution in [3.05, 3.63) is 74.6 Å². The Morgan fingerprint density at radius 2 is 1.90 bits per heavy atom. The summed E-state index contributed by atoms with van der Waals surface area (Å²) in [6.07, 6.45) is 4.85. The van der Waals surface area contributed by atoms with Crippen molar-refractivity contribution in [2.75, 3.05) is 24.6 Å². The summed E-state index contributed by atoms with van der Waals surface area (Å²) < 4.78 is 8.19. The topological polar surface area (TPSA) is 125 Å². The highest BCUT2D eigenvalue weighted by Crippen LogP contribution is 2.58. The van der Waals surface area contributed by atoms with E-state index in [-0.39, 0.29) is 29.7 Å². The molecule has 1 aromatic carbocycles. The molecule has 0 spiro atoms. The first kappa shape index (κ1) is 32.3. The quantitative estimate of drug-likeness (QED) is 0.274. The van der Waals surface area contributed by atoms with Crippen molar-refractivity contribution >= 4 is 33.3 Å². The lowest BCUT2D eigenvalue weighted by Gasteiger charge is -2.38. The van der Waals surface area contributed by atoms with Crippen molar-refractivity contribution < 1.29 is 14.6 Å². The fourth-order valence-corrected chi connectivity index (χ4v) is 8.38. The van der Waals surface area contributed by atoms with Crippen LogP contribution in [0.15, 0.2) is 47.5 Å². The van der Waals surface area contributed by atoms with Gasteiger partial charge in [-0.25, -0.2) is 9.48 Å². The van der Waals surface area contributed by atoms with Gasteiger partial charge in [0.1, 0.15) is 5.60 Å². The molecular formula is C37H42N6O4S. The largest absolute Gasteiger partial charge is 0.444 e. The lowest BCUT2D eigenvalue weighted by molar-refractivity contribution is 0.0174. The van der Waals surface area contributed by atoms with Crippen LogP contribution in [0.3, 0.4) is 0 Å². The number of hydrogen-bond acceptors (Lipinski definition) is 9. The number of rotatable bonds is 5. The van der Waals surface area contributed by atoms with Crippen molar-refractivity contribution in [2.45, 2.75) is 89.9 Å². The molecule has 1 saturated carbocycles. The molecule has 3 aliphatic rings. The molecule has 0 unspecified atom stereocenters. The van der Waals surface area contributed by atoms with E-state index < -0.39 is 11.7 Å². The van der Waals surface area contributed by atoms with Crippen LogP contribution in [-0.2, 0) is 16.7 Å². The maximum Gasteiger partial charge on any atom is 0.410 e. The molecule has 250 valence electrons. The van der Waals surface area contributed by atoms with Crippen LogP contribution in [0.2, 0.25) is 0 Å². The number of pyridine rings is 1. The third kappa shape index (κ3) is 5.96. The van der Waals surface area contributed by atoms with Gasteiger partial charge < -0.3 is 19.6 Å². The number of aliphatic hydroxyl groups is 1. The Kier molecular flexibility index (Phi) is 7.87. The van der Waals surface area contributed by atoms with Gasteiger partial charge in [0.25, 0.3) is 5.56 Å². The van der Waals surface area contributed by atoms with Crippen LogP contribution in [-0.4, -0.2) is 68.2 Å². The van der Waals surface area contributed by atoms with E-state index in [4.69, 9.17) is 9.72 Å². The predicted molar refractivity (Wildman–Crippen MR) is 186 cm³/mol. The van der Waals surface area contributed by atoms with E-state index >= 15 is 0 Å². The highest BCUT2D eigenvalue weighted by molar-refractivity contribution is 7.19. The molecule has 0 radical (unpaired) electrons. The number of benzene rings is 1. The number of carbonyl (C=O) groups is 1. The number of likely N-dealkylation sites (tertiary alicyclic amines) is 1. The summed E-state index contributed by atoms with van der Waals surface area (Å²) in [5.41, 5.74) is 5.61. The number of ether oxygens (including phenoxy) is 1. The summed E-state index contributed by atoms with van der Waals surface area (Å²) in [6.45, 7) is 13.2. The summed E-state index contributed by atoms with van der Waals surface area (Å²) in [6, 6.07) is 11.7. The van der Waals surface area contributed by atoms with Crippen molar-refractivity contribution in [3.8, 4) is 17.2 Å². The van der Waals surface area contributed by atoms with E-state index in [1.54, 1.807) is 34.7 Å². The second-order valence-electron chi connectivity index (χ2n) is 15.5. The van der Waals surface area contributed by atoms with Gasteiger partial charge in [0, 0.05) is 53.1 Å². The van der Waals surface area contributed by atoms with Crippen molar-refractivity contribution in [2.24, 2.45) is 5.92 Å². The van der Waals surface area contributed by atoms with Crippen LogP contribution < -0.4 is 10.5 Å². The Hall–Kier alpha value is -4.27. The summed E-state index contributed by atoms with van der Waals surface area (Å²) in [4.78, 5) is 36.0. The number of carbonyl (C=O) groups excluding carboxylic acids is 1. The zero-order valence-corrected chi connectivity index (χ0v) is 29.2. The molecule has 4 aromatic rings. The molecule has 48 heavy (non-hydrogen) atoms. The van der Waals surface area contributed by atoms with E-state index in [0.29, 0.717) is 36.9 Å². The average Bonchev–Trinajstić information content (AvgIpc) is 3.49. The Morgan fingerprint density at radius 1 is 1.10 bits per heavy atom. The normalized spacial score (nSPS) is 22.0. The van der Waals surface area contributed by atoms with E-state index in [0.717, 1.165) is 50.4 Å². The van der Waals surface area contributed by atoms with Crippen LogP contribution in [0.5, 0.6) is 0 Å². The van der Waals surface area contributed by atoms with Crippen molar-refractivity contribution in [1.29, 1.82) is 5.26 Å². The van der Waals surface area contributed by atoms with Gasteiger partial charge in [0.15, 0.2) is 0 Å². The third-order valence-electron chi connectivity index (χ3n) is 9.78. The lowest BCUT2D eigenvalue weighted by Crippen LogP contribution is -2.44. The van der Waals surface area contributed by atoms with E-state index in [9.17, 15) is 20.0 Å². The first-order valence-corrected chi connectivity index (χ1v) is 17.5. The SMILES string of the molecule is CC(C)(C)OC(=O)N1C[C@@H](N2C[C@@H]3C[C@@H]3c3cc(C#N)cc(-c4ccnc5cc(Cn6ncc(C(C)(C)C)cc6=O)sc45)c32)C[C@H]1CO. The van der Waals surface area contributed by atoms with Gasteiger partial charge in [-0.05, 0) is 86.3 Å². The molecule has 1 aliphatic carbocycles. The number of thiophene rings is 1. The molecule has 11 heteroatoms. The Morgan fingerprint density at radius 3 is 2.58 bits per heavy atom. The zero-order chi connectivity index (χ0) is 34.1. The summed E-state index contributed by atoms with van der Waals surface area (Å²) in [5, 5.41) is 24.9. The number of nitrogens with zero attached hydrogens (tertiary/aromatic N) is 6. The van der Waals surface area contributed by atoms with E-state index in [1.807, 2.05) is 45.0 Å². The number of amides is 1. The summed E-state index contributed by atoms with van der Waals surface area (Å²) in [7, 11) is 0. The van der Waals surface area contributed by atoms with Crippen LogP contribution in [0, 0.1) is 17.2 Å². The maximum atomic E-state index is 13.2. The van der Waals surface area contributed by atoms with Crippen LogP contribution in [0.4, 0.5) is 10.5 Å². The average molecular weight is 667 g/mol. The Bertz CT molecular complexity index is 2020. The van der Waals surface area contributed by atoms with Crippen molar-refractivity contribution in [1.82, 2.24) is 19.7 Å². The van der Waals surface area contributed by atoms with Crippen LogP contribution >= 0.6 is 11.3 Å². The third-order valence-corrected chi connectivity index (χ3v) is 10.9. The van der Waals surface area contributed by atoms with Gasteiger partial charge in [-0.15, -0.1) is 11.3 Å². The lowest BCUT2D eigenvalue weighted by atomic mass is 9.89. The second kappa shape index (κ2) is 11.7. The van der Waals surface area contributed by atoms with E-state index in [2.05, 4.69) is 36.8 Å². The minimum atomic E-state index is -0.638. The first-order chi connectivity index (χ1) is 22.7. The van der Waals surface area contributed by atoms with E-state index in [1.165, 1.54) is 10.2 Å². The fraction of sp³-hybridized carbons (Fsp3) is 0.486. The Labute approximate surface area is 284 Å². The Balaban J connectivity index is 1.28. The molecule has 3 aromatic heterocycles. The van der Waals surface area contributed by atoms with Gasteiger partial charge in [0.2, 0.25) is 0 Å². The molecule has 5 heterocycles. The van der Waals surface area contributed by atoms with Gasteiger partial charge in [-0.1, -0.05) is 20.8 Å². The maximum absolute atomic E-state index is 13.2. The van der Waals surface area contributed by atoms with Gasteiger partial charge in [0.05, 0.1) is 47.2 Å². The molecule has 1 N–H and O–H groups in total. The molecule has 7 rings (SSSR count). The highest BCUT2D eigenvalue weighted by Gasteiger charge is 2.50. The number of aromatic nitrogens is 3. The number of anilines is 1. The number of nitriles is 1. The number of fused-ring (bicyclic) bond motifs is 4. The molecule has 1 saturated heterocycles.